The first kappa shape index (κ1) is 14.8. The van der Waals surface area contributed by atoms with Crippen molar-refractivity contribution in [3.63, 3.8) is 0 Å². The van der Waals surface area contributed by atoms with Crippen LogP contribution in [0.3, 0.4) is 0 Å². The molecule has 2 aromatic rings. The molecule has 1 aliphatic rings. The normalized spacial score (nSPS) is 16.7. The molecule has 0 radical (unpaired) electrons. The molecule has 8 heteroatoms. The van der Waals surface area contributed by atoms with E-state index in [4.69, 9.17) is 4.74 Å². The molecule has 0 spiro atoms. The molecular formula is C14H15F3N4O. The Hall–Kier alpha value is -2.09. The van der Waals surface area contributed by atoms with Crippen molar-refractivity contribution in [3.8, 4) is 11.4 Å². The topological polar surface area (TPSA) is 52.0 Å². The lowest BCUT2D eigenvalue weighted by molar-refractivity contribution is -0.137. The zero-order valence-electron chi connectivity index (χ0n) is 11.7. The average Bonchev–Trinajstić information content (AvgIpc) is 3.01. The fourth-order valence-electron chi connectivity index (χ4n) is 2.39. The lowest BCUT2D eigenvalue weighted by Crippen LogP contribution is -2.34. The van der Waals surface area contributed by atoms with E-state index in [1.165, 1.54) is 17.3 Å². The molecule has 0 aliphatic carbocycles. The molecule has 0 atom stereocenters. The van der Waals surface area contributed by atoms with Gasteiger partial charge in [-0.25, -0.2) is 9.67 Å². The molecule has 0 unspecified atom stereocenters. The first-order chi connectivity index (χ1) is 10.5. The molecule has 1 N–H and O–H groups in total. The fraction of sp³-hybridized carbons (Fsp3) is 0.429. The number of nitrogens with one attached hydrogen (secondary N) is 1. The molecule has 22 heavy (non-hydrogen) atoms. The van der Waals surface area contributed by atoms with E-state index in [0.717, 1.165) is 38.1 Å². The van der Waals surface area contributed by atoms with Gasteiger partial charge in [-0.2, -0.15) is 18.3 Å². The highest BCUT2D eigenvalue weighted by Gasteiger charge is 2.32. The number of alkyl halides is 3. The van der Waals surface area contributed by atoms with E-state index in [1.807, 2.05) is 0 Å². The SMILES string of the molecule is FC(F)(F)c1cc(OC2CCNCC2)cc(-n2cncn2)c1. The van der Waals surface area contributed by atoms with Crippen LogP contribution in [0, 0.1) is 0 Å². The highest BCUT2D eigenvalue weighted by molar-refractivity contribution is 5.44. The third-order valence-corrected chi connectivity index (χ3v) is 3.49. The van der Waals surface area contributed by atoms with E-state index < -0.39 is 11.7 Å². The van der Waals surface area contributed by atoms with Gasteiger partial charge in [0.05, 0.1) is 11.3 Å². The van der Waals surface area contributed by atoms with Gasteiger partial charge in [0.15, 0.2) is 0 Å². The Morgan fingerprint density at radius 1 is 1.18 bits per heavy atom. The molecule has 2 heterocycles. The van der Waals surface area contributed by atoms with Crippen LogP contribution in [-0.2, 0) is 6.18 Å². The Morgan fingerprint density at radius 3 is 2.59 bits per heavy atom. The Bertz CT molecular complexity index is 622. The van der Waals surface area contributed by atoms with Crippen molar-refractivity contribution >= 4 is 0 Å². The van der Waals surface area contributed by atoms with E-state index in [-0.39, 0.29) is 17.5 Å². The summed E-state index contributed by atoms with van der Waals surface area (Å²) in [4.78, 5) is 3.76. The lowest BCUT2D eigenvalue weighted by Gasteiger charge is -2.24. The standard InChI is InChI=1S/C14H15F3N4O/c15-14(16,17)10-5-11(21-9-19-8-20-21)7-13(6-10)22-12-1-3-18-4-2-12/h5-9,12,18H,1-4H2. The minimum Gasteiger partial charge on any atom is -0.490 e. The Labute approximate surface area is 125 Å². The van der Waals surface area contributed by atoms with Crippen LogP contribution in [0.4, 0.5) is 13.2 Å². The summed E-state index contributed by atoms with van der Waals surface area (Å²) in [6, 6.07) is 3.61. The third-order valence-electron chi connectivity index (χ3n) is 3.49. The van der Waals surface area contributed by atoms with Gasteiger partial charge in [0, 0.05) is 6.07 Å². The molecule has 0 amide bonds. The van der Waals surface area contributed by atoms with Gasteiger partial charge >= 0.3 is 6.18 Å². The number of nitrogens with zero attached hydrogens (tertiary/aromatic N) is 3. The van der Waals surface area contributed by atoms with Gasteiger partial charge in [0.25, 0.3) is 0 Å². The molecule has 1 saturated heterocycles. The van der Waals surface area contributed by atoms with Crippen molar-refractivity contribution < 1.29 is 17.9 Å². The highest BCUT2D eigenvalue weighted by atomic mass is 19.4. The van der Waals surface area contributed by atoms with Gasteiger partial charge in [0.2, 0.25) is 0 Å². The lowest BCUT2D eigenvalue weighted by atomic mass is 10.1. The second-order valence-corrected chi connectivity index (χ2v) is 5.12. The Kier molecular flexibility index (Phi) is 4.02. The van der Waals surface area contributed by atoms with E-state index in [1.54, 1.807) is 6.07 Å². The van der Waals surface area contributed by atoms with Gasteiger partial charge in [-0.15, -0.1) is 0 Å². The molecule has 1 aliphatic heterocycles. The van der Waals surface area contributed by atoms with Crippen molar-refractivity contribution in [3.05, 3.63) is 36.4 Å². The number of piperidine rings is 1. The zero-order valence-corrected chi connectivity index (χ0v) is 11.7. The van der Waals surface area contributed by atoms with Crippen molar-refractivity contribution in [2.45, 2.75) is 25.1 Å². The first-order valence-corrected chi connectivity index (χ1v) is 6.97. The summed E-state index contributed by atoms with van der Waals surface area (Å²) in [5.74, 6) is 0.201. The van der Waals surface area contributed by atoms with Gasteiger partial charge in [-0.05, 0) is 38.1 Å². The molecule has 1 aromatic carbocycles. The van der Waals surface area contributed by atoms with Crippen molar-refractivity contribution in [2.75, 3.05) is 13.1 Å². The summed E-state index contributed by atoms with van der Waals surface area (Å²) in [6.45, 7) is 1.61. The summed E-state index contributed by atoms with van der Waals surface area (Å²) >= 11 is 0. The maximum Gasteiger partial charge on any atom is 0.416 e. The van der Waals surface area contributed by atoms with Crippen LogP contribution in [0.15, 0.2) is 30.9 Å². The zero-order chi connectivity index (χ0) is 15.6. The first-order valence-electron chi connectivity index (χ1n) is 6.97. The molecule has 118 valence electrons. The summed E-state index contributed by atoms with van der Waals surface area (Å²) in [5.41, 5.74) is -0.485. The van der Waals surface area contributed by atoms with Crippen LogP contribution in [0.2, 0.25) is 0 Å². The summed E-state index contributed by atoms with van der Waals surface area (Å²) in [6.07, 6.45) is -0.349. The minimum absolute atomic E-state index is 0.0756. The third kappa shape index (κ3) is 3.38. The quantitative estimate of drug-likeness (QED) is 0.946. The van der Waals surface area contributed by atoms with E-state index in [9.17, 15) is 13.2 Å². The van der Waals surface area contributed by atoms with Crippen LogP contribution < -0.4 is 10.1 Å². The highest BCUT2D eigenvalue weighted by Crippen LogP contribution is 2.34. The van der Waals surface area contributed by atoms with Gasteiger partial charge < -0.3 is 10.1 Å². The smallest absolute Gasteiger partial charge is 0.416 e. The fourth-order valence-corrected chi connectivity index (χ4v) is 2.39. The van der Waals surface area contributed by atoms with E-state index >= 15 is 0 Å². The monoisotopic (exact) mass is 312 g/mol. The number of hydrogen-bond donors (Lipinski definition) is 1. The summed E-state index contributed by atoms with van der Waals surface area (Å²) in [5, 5.41) is 7.06. The number of benzene rings is 1. The largest absolute Gasteiger partial charge is 0.490 e. The summed E-state index contributed by atoms with van der Waals surface area (Å²) < 4.78 is 46.2. The van der Waals surface area contributed by atoms with Crippen LogP contribution >= 0.6 is 0 Å². The number of ether oxygens (including phenoxy) is 1. The predicted octanol–water partition coefficient (Wildman–Crippen LogP) is 2.42. The van der Waals surface area contributed by atoms with Gasteiger partial charge in [-0.1, -0.05) is 0 Å². The summed E-state index contributed by atoms with van der Waals surface area (Å²) in [7, 11) is 0. The maximum atomic E-state index is 13.1. The maximum absolute atomic E-state index is 13.1. The van der Waals surface area contributed by atoms with Gasteiger partial charge in [0.1, 0.15) is 24.5 Å². The number of halogens is 3. The van der Waals surface area contributed by atoms with Crippen molar-refractivity contribution in [1.29, 1.82) is 0 Å². The molecule has 1 aromatic heterocycles. The number of hydrogen-bond acceptors (Lipinski definition) is 4. The van der Waals surface area contributed by atoms with Crippen LogP contribution in [0.25, 0.3) is 5.69 Å². The second-order valence-electron chi connectivity index (χ2n) is 5.12. The second kappa shape index (κ2) is 5.96. The van der Waals surface area contributed by atoms with E-state index in [0.29, 0.717) is 0 Å². The van der Waals surface area contributed by atoms with Crippen LogP contribution in [-0.4, -0.2) is 34.0 Å². The molecular weight excluding hydrogens is 297 g/mol. The van der Waals surface area contributed by atoms with Crippen molar-refractivity contribution in [1.82, 2.24) is 20.1 Å². The average molecular weight is 312 g/mol. The van der Waals surface area contributed by atoms with Crippen molar-refractivity contribution in [2.24, 2.45) is 0 Å². The minimum atomic E-state index is -4.44. The number of aromatic nitrogens is 3. The van der Waals surface area contributed by atoms with E-state index in [2.05, 4.69) is 15.4 Å². The molecule has 0 bridgehead atoms. The predicted molar refractivity (Wildman–Crippen MR) is 72.9 cm³/mol. The van der Waals surface area contributed by atoms with Crippen LogP contribution in [0.1, 0.15) is 18.4 Å². The Morgan fingerprint density at radius 2 is 1.95 bits per heavy atom. The molecule has 1 fully saturated rings. The van der Waals surface area contributed by atoms with Crippen LogP contribution in [0.5, 0.6) is 5.75 Å². The molecule has 5 nitrogen and oxygen atoms in total. The number of rotatable bonds is 3. The Balaban J connectivity index is 1.92. The van der Waals surface area contributed by atoms with Gasteiger partial charge in [-0.3, -0.25) is 0 Å². The molecule has 3 rings (SSSR count). The molecule has 0 saturated carbocycles.